The lowest BCUT2D eigenvalue weighted by Gasteiger charge is -2.32. The number of hydrogen-bond donors (Lipinski definition) is 0. The topological polar surface area (TPSA) is 16.4 Å². The second-order valence-corrected chi connectivity index (χ2v) is 13.3. The van der Waals surface area contributed by atoms with Crippen LogP contribution in [0, 0.1) is 0 Å². The molecule has 2 nitrogen and oxygen atoms in total. The first-order valence-electron chi connectivity index (χ1n) is 17.9. The van der Waals surface area contributed by atoms with Crippen molar-refractivity contribution in [3.05, 3.63) is 204 Å². The predicted octanol–water partition coefficient (Wildman–Crippen LogP) is 11.7. The Morgan fingerprint density at radius 3 is 2.19 bits per heavy atom. The highest BCUT2D eigenvalue weighted by molar-refractivity contribution is 6.17. The molecule has 1 unspecified atom stereocenters. The molecule has 7 aromatic carbocycles. The summed E-state index contributed by atoms with van der Waals surface area (Å²) in [6.45, 7) is 4.24. The molecule has 1 heterocycles. The van der Waals surface area contributed by atoms with Gasteiger partial charge in [0, 0.05) is 39.2 Å². The number of fused-ring (bicyclic) bond motifs is 5. The maximum atomic E-state index is 6.82. The molecule has 1 aromatic heterocycles. The molecule has 0 saturated carbocycles. The first-order valence-corrected chi connectivity index (χ1v) is 17.9. The van der Waals surface area contributed by atoms with E-state index in [-0.39, 0.29) is 6.04 Å². The minimum Gasteiger partial charge on any atom is -0.455 e. The van der Waals surface area contributed by atoms with Crippen LogP contribution in [0.2, 0.25) is 0 Å². The van der Waals surface area contributed by atoms with Crippen LogP contribution in [0.5, 0.6) is 0 Å². The Hall–Kier alpha value is -6.64. The van der Waals surface area contributed by atoms with Gasteiger partial charge in [0.2, 0.25) is 0 Å². The normalized spacial score (nSPS) is 14.8. The summed E-state index contributed by atoms with van der Waals surface area (Å²) in [5.74, 6) is 0. The molecule has 0 saturated heterocycles. The van der Waals surface area contributed by atoms with Gasteiger partial charge in [-0.2, -0.15) is 0 Å². The zero-order chi connectivity index (χ0) is 34.9. The molecule has 52 heavy (non-hydrogen) atoms. The van der Waals surface area contributed by atoms with Gasteiger partial charge in [0.15, 0.2) is 0 Å². The Balaban J connectivity index is 1.13. The van der Waals surface area contributed by atoms with Crippen molar-refractivity contribution in [3.63, 3.8) is 0 Å². The van der Waals surface area contributed by atoms with Crippen LogP contribution >= 0.6 is 0 Å². The first-order chi connectivity index (χ1) is 25.7. The van der Waals surface area contributed by atoms with Crippen LogP contribution in [0.3, 0.4) is 0 Å². The van der Waals surface area contributed by atoms with Gasteiger partial charge < -0.3 is 9.32 Å². The van der Waals surface area contributed by atoms with Crippen LogP contribution < -0.4 is 15.3 Å². The zero-order valence-corrected chi connectivity index (χ0v) is 28.8. The Morgan fingerprint density at radius 2 is 1.31 bits per heavy atom. The number of para-hydroxylation sites is 2. The van der Waals surface area contributed by atoms with Gasteiger partial charge in [-0.05, 0) is 68.8 Å². The van der Waals surface area contributed by atoms with Crippen molar-refractivity contribution >= 4 is 56.6 Å². The summed E-state index contributed by atoms with van der Waals surface area (Å²) < 4.78 is 6.82. The number of allylic oxidation sites excluding steroid dienone is 3. The molecule has 2 heteroatoms. The number of anilines is 1. The first kappa shape index (κ1) is 31.3. The smallest absolute Gasteiger partial charge is 0.143 e. The highest BCUT2D eigenvalue weighted by Crippen LogP contribution is 2.42. The third kappa shape index (κ3) is 5.85. The summed E-state index contributed by atoms with van der Waals surface area (Å²) >= 11 is 0. The van der Waals surface area contributed by atoms with E-state index in [0.717, 1.165) is 61.0 Å². The van der Waals surface area contributed by atoms with Gasteiger partial charge in [0.05, 0.1) is 6.04 Å². The minimum atomic E-state index is 0.0978. The highest BCUT2D eigenvalue weighted by atomic mass is 16.3. The number of rotatable bonds is 7. The summed E-state index contributed by atoms with van der Waals surface area (Å²) in [6.07, 6.45) is 14.3. The van der Waals surface area contributed by atoms with Crippen molar-refractivity contribution in [3.8, 4) is 22.3 Å². The third-order valence-electron chi connectivity index (χ3n) is 10.2. The predicted molar refractivity (Wildman–Crippen MR) is 221 cm³/mol. The van der Waals surface area contributed by atoms with Crippen molar-refractivity contribution in [2.24, 2.45) is 0 Å². The van der Waals surface area contributed by atoms with E-state index in [2.05, 4.69) is 194 Å². The highest BCUT2D eigenvalue weighted by Gasteiger charge is 2.22. The molecule has 1 atom stereocenters. The second kappa shape index (κ2) is 13.6. The van der Waals surface area contributed by atoms with Crippen LogP contribution in [0.15, 0.2) is 193 Å². The maximum absolute atomic E-state index is 6.82. The van der Waals surface area contributed by atoms with E-state index in [9.17, 15) is 0 Å². The molecule has 8 aromatic rings. The van der Waals surface area contributed by atoms with Crippen LogP contribution in [0.4, 0.5) is 5.69 Å². The second-order valence-electron chi connectivity index (χ2n) is 13.3. The Bertz CT molecular complexity index is 2800. The standard InChI is InChI=1S/C50H37NO/c1-35-14-5-6-15-36(35)21-13-33-51(42-30-27-38(28-31-42)41-20-11-19-40(34-41)37-16-3-2-4-17-37)48-26-10-9-23-44(48)45-24-12-25-46-47-32-29-39-18-7-8-22-43(39)49(47)52-50(45)46/h2-30,32-34,42H,1,31H2/b33-13+,36-21-. The lowest BCUT2D eigenvalue weighted by Crippen LogP contribution is -2.30. The fraction of sp³-hybridized carbons (Fsp3) is 0.0400. The molecule has 0 spiro atoms. The Morgan fingerprint density at radius 1 is 0.596 bits per heavy atom. The van der Waals surface area contributed by atoms with Crippen LogP contribution in [0.1, 0.15) is 12.0 Å². The summed E-state index contributed by atoms with van der Waals surface area (Å²) in [5.41, 5.74) is 10.1. The average molecular weight is 668 g/mol. The Kier molecular flexibility index (Phi) is 8.19. The summed E-state index contributed by atoms with van der Waals surface area (Å²) in [7, 11) is 0. The van der Waals surface area contributed by atoms with Crippen molar-refractivity contribution in [2.45, 2.75) is 12.5 Å². The van der Waals surface area contributed by atoms with Crippen molar-refractivity contribution in [1.29, 1.82) is 0 Å². The van der Waals surface area contributed by atoms with Gasteiger partial charge in [-0.15, -0.1) is 0 Å². The molecule has 1 aliphatic carbocycles. The lowest BCUT2D eigenvalue weighted by molar-refractivity contribution is 0.673. The maximum Gasteiger partial charge on any atom is 0.143 e. The molecule has 0 bridgehead atoms. The molecule has 0 fully saturated rings. The molecule has 248 valence electrons. The van der Waals surface area contributed by atoms with Crippen molar-refractivity contribution in [1.82, 2.24) is 0 Å². The number of hydrogen-bond acceptors (Lipinski definition) is 2. The molecular formula is C50H37NO. The van der Waals surface area contributed by atoms with Gasteiger partial charge in [0.25, 0.3) is 0 Å². The lowest BCUT2D eigenvalue weighted by atomic mass is 9.93. The number of furan rings is 1. The minimum absolute atomic E-state index is 0.0978. The molecule has 0 radical (unpaired) electrons. The quantitative estimate of drug-likeness (QED) is 0.168. The van der Waals surface area contributed by atoms with E-state index in [1.807, 2.05) is 12.1 Å². The van der Waals surface area contributed by atoms with Crippen LogP contribution in [0.25, 0.3) is 73.2 Å². The van der Waals surface area contributed by atoms with Gasteiger partial charge in [0.1, 0.15) is 11.2 Å². The van der Waals surface area contributed by atoms with E-state index >= 15 is 0 Å². The molecule has 0 aliphatic heterocycles. The monoisotopic (exact) mass is 667 g/mol. The van der Waals surface area contributed by atoms with Gasteiger partial charge >= 0.3 is 0 Å². The number of nitrogens with zero attached hydrogens (tertiary/aromatic N) is 1. The summed E-state index contributed by atoms with van der Waals surface area (Å²) in [4.78, 5) is 2.40. The molecule has 9 rings (SSSR count). The summed E-state index contributed by atoms with van der Waals surface area (Å²) in [5, 5.41) is 6.67. The molecule has 0 amide bonds. The molecule has 1 aliphatic rings. The van der Waals surface area contributed by atoms with E-state index in [1.165, 1.54) is 27.6 Å². The SMILES string of the molecule is C=c1cccc/c1=C/C=C/N(c1ccccc1-c1cccc2c1oc1c3ccccc3ccc21)C1C=CC(c2cccc(-c3ccccc3)c2)=CC1. The van der Waals surface area contributed by atoms with E-state index in [0.29, 0.717) is 0 Å². The van der Waals surface area contributed by atoms with Crippen molar-refractivity contribution in [2.75, 3.05) is 4.90 Å². The molecular weight excluding hydrogens is 631 g/mol. The molecule has 0 N–H and O–H groups in total. The fourth-order valence-corrected chi connectivity index (χ4v) is 7.51. The van der Waals surface area contributed by atoms with Gasteiger partial charge in [-0.1, -0.05) is 170 Å². The zero-order valence-electron chi connectivity index (χ0n) is 28.8. The van der Waals surface area contributed by atoms with E-state index in [4.69, 9.17) is 4.42 Å². The summed E-state index contributed by atoms with van der Waals surface area (Å²) in [6, 6.07) is 55.8. The van der Waals surface area contributed by atoms with Crippen LogP contribution in [-0.2, 0) is 0 Å². The van der Waals surface area contributed by atoms with Gasteiger partial charge in [-0.3, -0.25) is 0 Å². The Labute approximate surface area is 303 Å². The third-order valence-corrected chi connectivity index (χ3v) is 10.2. The number of benzene rings is 7. The van der Waals surface area contributed by atoms with Gasteiger partial charge in [-0.25, -0.2) is 0 Å². The largest absolute Gasteiger partial charge is 0.455 e. The van der Waals surface area contributed by atoms with E-state index in [1.54, 1.807) is 0 Å². The van der Waals surface area contributed by atoms with Crippen LogP contribution in [-0.4, -0.2) is 6.04 Å². The fourth-order valence-electron chi connectivity index (χ4n) is 7.51. The average Bonchev–Trinajstić information content (AvgIpc) is 3.60. The van der Waals surface area contributed by atoms with Crippen molar-refractivity contribution < 1.29 is 4.42 Å². The van der Waals surface area contributed by atoms with E-state index < -0.39 is 0 Å².